The van der Waals surface area contributed by atoms with Crippen LogP contribution in [0.1, 0.15) is 36.4 Å². The molecule has 1 aliphatic heterocycles. The van der Waals surface area contributed by atoms with Gasteiger partial charge in [-0.2, -0.15) is 0 Å². The van der Waals surface area contributed by atoms with Crippen LogP contribution in [0.4, 0.5) is 4.39 Å². The molecule has 1 fully saturated rings. The molecular formula is C23H25FN2O3S. The van der Waals surface area contributed by atoms with Crippen LogP contribution in [0, 0.1) is 11.7 Å². The Bertz CT molecular complexity index is 1110. The van der Waals surface area contributed by atoms with Crippen LogP contribution in [0.15, 0.2) is 59.6 Å². The second kappa shape index (κ2) is 8.70. The van der Waals surface area contributed by atoms with E-state index in [1.165, 1.54) is 12.1 Å². The van der Waals surface area contributed by atoms with Gasteiger partial charge in [-0.05, 0) is 67.1 Å². The van der Waals surface area contributed by atoms with Gasteiger partial charge >= 0.3 is 0 Å². The second-order valence-corrected chi connectivity index (χ2v) is 9.83. The van der Waals surface area contributed by atoms with E-state index in [0.717, 1.165) is 61.4 Å². The Morgan fingerprint density at radius 2 is 1.97 bits per heavy atom. The average Bonchev–Trinajstić information content (AvgIpc) is 3.22. The van der Waals surface area contributed by atoms with Gasteiger partial charge in [0.25, 0.3) is 0 Å². The fourth-order valence-corrected chi connectivity index (χ4v) is 4.81. The minimum absolute atomic E-state index is 0.0753. The summed E-state index contributed by atoms with van der Waals surface area (Å²) in [6, 6.07) is 14.2. The zero-order valence-corrected chi connectivity index (χ0v) is 17.7. The Balaban J connectivity index is 1.70. The highest BCUT2D eigenvalue weighted by molar-refractivity contribution is 7.90. The molecule has 1 aromatic carbocycles. The van der Waals surface area contributed by atoms with Crippen LogP contribution in [0.5, 0.6) is 0 Å². The Morgan fingerprint density at radius 3 is 2.63 bits per heavy atom. The van der Waals surface area contributed by atoms with Crippen molar-refractivity contribution in [1.82, 2.24) is 9.97 Å². The van der Waals surface area contributed by atoms with Crippen molar-refractivity contribution in [3.05, 3.63) is 71.8 Å². The summed E-state index contributed by atoms with van der Waals surface area (Å²) in [6.07, 6.45) is 5.54. The van der Waals surface area contributed by atoms with Gasteiger partial charge < -0.3 is 9.72 Å². The normalized spacial score (nSPS) is 16.5. The van der Waals surface area contributed by atoms with Crippen molar-refractivity contribution in [3.63, 3.8) is 0 Å². The number of rotatable bonds is 6. The van der Waals surface area contributed by atoms with Crippen molar-refractivity contribution in [2.24, 2.45) is 5.92 Å². The maximum absolute atomic E-state index is 14.7. The Morgan fingerprint density at radius 1 is 1.17 bits per heavy atom. The molecule has 2 aromatic heterocycles. The molecule has 1 aliphatic rings. The molecule has 3 aromatic rings. The summed E-state index contributed by atoms with van der Waals surface area (Å²) in [5.74, 6) is -0.319. The molecule has 30 heavy (non-hydrogen) atoms. The van der Waals surface area contributed by atoms with Crippen LogP contribution in [0.2, 0.25) is 0 Å². The Kier molecular flexibility index (Phi) is 6.01. The maximum atomic E-state index is 14.7. The van der Waals surface area contributed by atoms with E-state index in [-0.39, 0.29) is 10.8 Å². The van der Waals surface area contributed by atoms with Crippen molar-refractivity contribution in [2.75, 3.05) is 19.5 Å². The molecule has 158 valence electrons. The molecule has 1 saturated heterocycles. The van der Waals surface area contributed by atoms with Crippen LogP contribution in [-0.2, 0) is 14.6 Å². The van der Waals surface area contributed by atoms with E-state index in [0.29, 0.717) is 5.92 Å². The van der Waals surface area contributed by atoms with Crippen molar-refractivity contribution in [3.8, 4) is 11.4 Å². The van der Waals surface area contributed by atoms with Crippen molar-refractivity contribution in [1.29, 1.82) is 0 Å². The first kappa shape index (κ1) is 20.8. The number of hydrogen-bond donors (Lipinski definition) is 1. The van der Waals surface area contributed by atoms with E-state index >= 15 is 0 Å². The van der Waals surface area contributed by atoms with E-state index in [1.807, 2.05) is 30.3 Å². The molecule has 0 bridgehead atoms. The van der Waals surface area contributed by atoms with Gasteiger partial charge in [0, 0.05) is 37.3 Å². The monoisotopic (exact) mass is 428 g/mol. The minimum atomic E-state index is -3.61. The first-order chi connectivity index (χ1) is 14.4. The van der Waals surface area contributed by atoms with Crippen LogP contribution < -0.4 is 0 Å². The highest BCUT2D eigenvalue weighted by Crippen LogP contribution is 2.36. The number of halogens is 1. The number of sulfone groups is 1. The molecular weight excluding hydrogens is 403 g/mol. The number of pyridine rings is 1. The summed E-state index contributed by atoms with van der Waals surface area (Å²) in [7, 11) is -3.61. The number of aromatic nitrogens is 2. The standard InChI is InChI=1S/C23H25FN2O3S/c1-30(27,28)23-8-5-17(15-19(23)24)18(14-16-9-12-29-13-10-16)20-6-7-22(26-20)21-4-2-3-11-25-21/h2-8,11,15-16,18,26H,9-10,12-14H2,1H3. The molecule has 5 nitrogen and oxygen atoms in total. The summed E-state index contributed by atoms with van der Waals surface area (Å²) >= 11 is 0. The summed E-state index contributed by atoms with van der Waals surface area (Å²) < 4.78 is 43.8. The average molecular weight is 429 g/mol. The number of hydrogen-bond acceptors (Lipinski definition) is 4. The molecule has 1 unspecified atom stereocenters. The summed E-state index contributed by atoms with van der Waals surface area (Å²) in [5.41, 5.74) is 3.47. The highest BCUT2D eigenvalue weighted by atomic mass is 32.2. The molecule has 3 heterocycles. The molecule has 7 heteroatoms. The zero-order valence-electron chi connectivity index (χ0n) is 16.8. The lowest BCUT2D eigenvalue weighted by molar-refractivity contribution is 0.0626. The number of aromatic amines is 1. The minimum Gasteiger partial charge on any atom is -0.381 e. The van der Waals surface area contributed by atoms with Gasteiger partial charge in [0.05, 0.1) is 11.4 Å². The van der Waals surface area contributed by atoms with E-state index < -0.39 is 15.7 Å². The second-order valence-electron chi connectivity index (χ2n) is 7.85. The smallest absolute Gasteiger partial charge is 0.178 e. The van der Waals surface area contributed by atoms with Gasteiger partial charge in [-0.25, -0.2) is 12.8 Å². The van der Waals surface area contributed by atoms with Crippen molar-refractivity contribution >= 4 is 9.84 Å². The summed E-state index contributed by atoms with van der Waals surface area (Å²) in [5, 5.41) is 0. The van der Waals surface area contributed by atoms with E-state index in [9.17, 15) is 12.8 Å². The largest absolute Gasteiger partial charge is 0.381 e. The maximum Gasteiger partial charge on any atom is 0.178 e. The molecule has 0 aliphatic carbocycles. The van der Waals surface area contributed by atoms with Gasteiger partial charge in [-0.3, -0.25) is 4.98 Å². The zero-order chi connectivity index (χ0) is 21.1. The molecule has 0 amide bonds. The predicted molar refractivity (Wildman–Crippen MR) is 114 cm³/mol. The van der Waals surface area contributed by atoms with Crippen LogP contribution in [0.3, 0.4) is 0 Å². The lowest BCUT2D eigenvalue weighted by atomic mass is 9.83. The Hall–Kier alpha value is -2.51. The lowest BCUT2D eigenvalue weighted by Gasteiger charge is -2.27. The van der Waals surface area contributed by atoms with Gasteiger partial charge in [0.15, 0.2) is 9.84 Å². The number of ether oxygens (including phenoxy) is 1. The van der Waals surface area contributed by atoms with E-state index in [4.69, 9.17) is 4.74 Å². The summed E-state index contributed by atoms with van der Waals surface area (Å²) in [4.78, 5) is 7.57. The third-order valence-electron chi connectivity index (χ3n) is 5.69. The topological polar surface area (TPSA) is 72.1 Å². The van der Waals surface area contributed by atoms with Crippen LogP contribution in [0.25, 0.3) is 11.4 Å². The number of H-pyrrole nitrogens is 1. The van der Waals surface area contributed by atoms with Gasteiger partial charge in [0.2, 0.25) is 0 Å². The fourth-order valence-electron chi connectivity index (χ4n) is 4.08. The third-order valence-corrected chi connectivity index (χ3v) is 6.82. The molecule has 1 atom stereocenters. The Labute approximate surface area is 176 Å². The first-order valence-corrected chi connectivity index (χ1v) is 12.0. The molecule has 0 spiro atoms. The van der Waals surface area contributed by atoms with Crippen LogP contribution >= 0.6 is 0 Å². The predicted octanol–water partition coefficient (Wildman–Crippen LogP) is 4.57. The number of nitrogens with one attached hydrogen (secondary N) is 1. The van der Waals surface area contributed by atoms with E-state index in [1.54, 1.807) is 12.3 Å². The van der Waals surface area contributed by atoms with Crippen molar-refractivity contribution in [2.45, 2.75) is 30.1 Å². The molecule has 1 N–H and O–H groups in total. The van der Waals surface area contributed by atoms with Crippen LogP contribution in [-0.4, -0.2) is 37.9 Å². The number of nitrogens with zero attached hydrogens (tertiary/aromatic N) is 1. The highest BCUT2D eigenvalue weighted by Gasteiger charge is 2.25. The van der Waals surface area contributed by atoms with Gasteiger partial charge in [-0.15, -0.1) is 0 Å². The van der Waals surface area contributed by atoms with Gasteiger partial charge in [-0.1, -0.05) is 12.1 Å². The fraction of sp³-hybridized carbons (Fsp3) is 0.348. The third kappa shape index (κ3) is 4.63. The SMILES string of the molecule is CS(=O)(=O)c1ccc(C(CC2CCOCC2)c2ccc(-c3ccccn3)[nH]2)cc1F. The number of benzene rings is 1. The van der Waals surface area contributed by atoms with Crippen molar-refractivity contribution < 1.29 is 17.5 Å². The van der Waals surface area contributed by atoms with Gasteiger partial charge in [0.1, 0.15) is 10.7 Å². The first-order valence-electron chi connectivity index (χ1n) is 10.1. The quantitative estimate of drug-likeness (QED) is 0.624. The lowest BCUT2D eigenvalue weighted by Crippen LogP contribution is -2.19. The molecule has 0 saturated carbocycles. The molecule has 4 rings (SSSR count). The molecule has 0 radical (unpaired) electrons. The summed E-state index contributed by atoms with van der Waals surface area (Å²) in [6.45, 7) is 1.48. The van der Waals surface area contributed by atoms with E-state index in [2.05, 4.69) is 9.97 Å².